The molecule has 14 heteroatoms. The molecule has 20 atom stereocenters. The first kappa shape index (κ1) is 48.6. The summed E-state index contributed by atoms with van der Waals surface area (Å²) in [7, 11) is 5.30. The zero-order valence-corrected chi connectivity index (χ0v) is 39.3. The molecule has 0 saturated carbocycles. The second-order valence-corrected chi connectivity index (χ2v) is 19.3. The van der Waals surface area contributed by atoms with Gasteiger partial charge in [0, 0.05) is 51.7 Å². The van der Waals surface area contributed by atoms with Gasteiger partial charge in [-0.25, -0.2) is 0 Å². The molecule has 4 saturated heterocycles. The second kappa shape index (κ2) is 20.3. The molecule has 0 aromatic heterocycles. The molecule has 3 N–H and O–H groups in total. The van der Waals surface area contributed by atoms with Crippen LogP contribution in [-0.4, -0.2) is 141 Å². The highest BCUT2D eigenvalue weighted by atomic mass is 16.7. The molecule has 63 heavy (non-hydrogen) atoms. The van der Waals surface area contributed by atoms with E-state index < -0.39 is 66.4 Å². The lowest BCUT2D eigenvalue weighted by molar-refractivity contribution is -0.312. The molecular formula is C49H75NO13. The van der Waals surface area contributed by atoms with Crippen molar-refractivity contribution in [2.75, 3.05) is 27.9 Å². The van der Waals surface area contributed by atoms with E-state index in [0.717, 1.165) is 12.0 Å². The van der Waals surface area contributed by atoms with Crippen LogP contribution in [-0.2, 0) is 52.2 Å². The minimum absolute atomic E-state index is 0.0411. The summed E-state index contributed by atoms with van der Waals surface area (Å²) in [5, 5.41) is 27.1. The molecule has 4 fully saturated rings. The lowest BCUT2D eigenvalue weighted by Gasteiger charge is -2.48. The first-order chi connectivity index (χ1) is 30.0. The van der Waals surface area contributed by atoms with Crippen molar-refractivity contribution < 1.29 is 62.4 Å². The van der Waals surface area contributed by atoms with Gasteiger partial charge in [-0.2, -0.15) is 0 Å². The van der Waals surface area contributed by atoms with Crippen molar-refractivity contribution in [3.05, 3.63) is 59.3 Å². The summed E-state index contributed by atoms with van der Waals surface area (Å²) in [5.74, 6) is -2.51. The Labute approximate surface area is 374 Å². The number of aliphatic hydroxyl groups excluding tert-OH is 1. The molecule has 2 bridgehead atoms. The monoisotopic (exact) mass is 886 g/mol. The van der Waals surface area contributed by atoms with E-state index in [1.165, 1.54) is 0 Å². The molecular weight excluding hydrogens is 811 g/mol. The highest BCUT2D eigenvalue weighted by Crippen LogP contribution is 2.47. The summed E-state index contributed by atoms with van der Waals surface area (Å²) in [6.07, 6.45) is 10.7. The van der Waals surface area contributed by atoms with Crippen molar-refractivity contribution in [2.24, 2.45) is 23.7 Å². The number of carbonyl (C=O) groups is 1. The standard InChI is InChI=1S/C49H75NO13/c1-12-26(2)44-29(5)18-19-48(63-44)24-35-21-34(62-48)17-16-28(4)43(27(3)14-13-15-33-25-56-46-42(51)30(6)20-36(47(52)59-35)49(33,46)53)60-40-23-38(55-11)45(32(8)58-40)61-39-22-37(54-10)41(50-9)31(7)57-39/h13-16,18-20,26-27,29,31-32,34-46,50-51,53H,12,17,21-25H2,1-11H3/b14-13+,28-16+,33-15+/t26-,27-,29-,31-,32-,34+,35-,36-,37-,38-,39-,40-,41+,42+,43-,44+,45-,46+,48+,49+/m1/s1. The van der Waals surface area contributed by atoms with Gasteiger partial charge in [-0.15, -0.1) is 0 Å². The van der Waals surface area contributed by atoms with Crippen molar-refractivity contribution >= 4 is 5.97 Å². The number of nitrogens with one attached hydrogen (secondary N) is 1. The number of methoxy groups -OCH3 is 2. The highest BCUT2D eigenvalue weighted by molar-refractivity contribution is 5.78. The molecule has 0 unspecified atom stereocenters. The summed E-state index contributed by atoms with van der Waals surface area (Å²) >= 11 is 0. The minimum atomic E-state index is -1.83. The smallest absolute Gasteiger partial charge is 0.316 e. The third-order valence-corrected chi connectivity index (χ3v) is 14.9. The quantitative estimate of drug-likeness (QED) is 0.194. The molecule has 0 aromatic carbocycles. The van der Waals surface area contributed by atoms with Crippen LogP contribution in [0.4, 0.5) is 0 Å². The minimum Gasteiger partial charge on any atom is -0.462 e. The summed E-state index contributed by atoms with van der Waals surface area (Å²) in [5.41, 5.74) is 0.180. The zero-order valence-electron chi connectivity index (χ0n) is 39.3. The maximum absolute atomic E-state index is 14.4. The molecule has 7 aliphatic rings. The molecule has 1 spiro atoms. The van der Waals surface area contributed by atoms with E-state index in [9.17, 15) is 15.0 Å². The van der Waals surface area contributed by atoms with E-state index in [4.69, 9.17) is 47.4 Å². The van der Waals surface area contributed by atoms with E-state index in [0.29, 0.717) is 43.3 Å². The van der Waals surface area contributed by atoms with Gasteiger partial charge in [-0.1, -0.05) is 70.6 Å². The second-order valence-electron chi connectivity index (χ2n) is 19.3. The van der Waals surface area contributed by atoms with E-state index in [2.05, 4.69) is 52.1 Å². The summed E-state index contributed by atoms with van der Waals surface area (Å²) < 4.78 is 64.6. The van der Waals surface area contributed by atoms with Crippen molar-refractivity contribution in [3.8, 4) is 0 Å². The average molecular weight is 886 g/mol. The van der Waals surface area contributed by atoms with Gasteiger partial charge in [-0.05, 0) is 69.9 Å². The average Bonchev–Trinajstić information content (AvgIpc) is 3.60. The van der Waals surface area contributed by atoms with Gasteiger partial charge in [0.15, 0.2) is 18.4 Å². The molecule has 354 valence electrons. The Morgan fingerprint density at radius 3 is 2.35 bits per heavy atom. The van der Waals surface area contributed by atoms with Gasteiger partial charge in [0.05, 0.1) is 55.4 Å². The van der Waals surface area contributed by atoms with Crippen LogP contribution in [0, 0.1) is 23.7 Å². The molecule has 6 heterocycles. The van der Waals surface area contributed by atoms with E-state index in [1.807, 2.05) is 39.1 Å². The molecule has 1 aliphatic carbocycles. The summed E-state index contributed by atoms with van der Waals surface area (Å²) in [6, 6.07) is 0.0442. The number of ether oxygens (including phenoxy) is 10. The van der Waals surface area contributed by atoms with Crippen LogP contribution in [0.2, 0.25) is 0 Å². The Bertz CT molecular complexity index is 1750. The molecule has 0 amide bonds. The van der Waals surface area contributed by atoms with Crippen LogP contribution in [0.25, 0.3) is 0 Å². The van der Waals surface area contributed by atoms with Gasteiger partial charge in [0.2, 0.25) is 0 Å². The maximum Gasteiger partial charge on any atom is 0.316 e. The molecule has 14 nitrogen and oxygen atoms in total. The number of hydrogen-bond acceptors (Lipinski definition) is 14. The number of allylic oxidation sites excluding steroid dienone is 2. The van der Waals surface area contributed by atoms with E-state index in [1.54, 1.807) is 33.3 Å². The number of carbonyl (C=O) groups excluding carboxylic acids is 1. The predicted octanol–water partition coefficient (Wildman–Crippen LogP) is 5.60. The Morgan fingerprint density at radius 1 is 0.921 bits per heavy atom. The van der Waals surface area contributed by atoms with Crippen molar-refractivity contribution in [3.63, 3.8) is 0 Å². The lowest BCUT2D eigenvalue weighted by atomic mass is 9.71. The van der Waals surface area contributed by atoms with Crippen LogP contribution in [0.3, 0.4) is 0 Å². The van der Waals surface area contributed by atoms with Gasteiger partial charge < -0.3 is 62.9 Å². The number of rotatable bonds is 9. The Hall–Kier alpha value is -2.31. The van der Waals surface area contributed by atoms with Crippen LogP contribution >= 0.6 is 0 Å². The summed E-state index contributed by atoms with van der Waals surface area (Å²) in [4.78, 5) is 14.4. The number of fused-ring (bicyclic) bond motifs is 2. The normalized spacial score (nSPS) is 48.6. The van der Waals surface area contributed by atoms with Crippen LogP contribution in [0.1, 0.15) is 93.9 Å². The lowest BCUT2D eigenvalue weighted by Crippen LogP contribution is -2.58. The summed E-state index contributed by atoms with van der Waals surface area (Å²) in [6.45, 7) is 16.4. The maximum atomic E-state index is 14.4. The van der Waals surface area contributed by atoms with Crippen LogP contribution in [0.5, 0.6) is 0 Å². The van der Waals surface area contributed by atoms with Gasteiger partial charge in [0.1, 0.15) is 35.9 Å². The molecule has 7 rings (SSSR count). The highest BCUT2D eigenvalue weighted by Gasteiger charge is 2.60. The molecule has 0 aromatic rings. The zero-order chi connectivity index (χ0) is 45.4. The topological polar surface area (TPSA) is 162 Å². The van der Waals surface area contributed by atoms with Crippen molar-refractivity contribution in [1.82, 2.24) is 5.32 Å². The number of aliphatic hydroxyl groups is 2. The largest absolute Gasteiger partial charge is 0.462 e. The Morgan fingerprint density at radius 2 is 1.63 bits per heavy atom. The Balaban J connectivity index is 1.18. The predicted molar refractivity (Wildman–Crippen MR) is 234 cm³/mol. The fourth-order valence-corrected chi connectivity index (χ4v) is 11.0. The SMILES string of the molecule is CC[C@@H](C)[C@@H]1O[C@@]2(C=C[C@H]1C)C[C@H]1C[C@H](C/C=C(\C)[C@H](O[C@@H]3C[C@@H](OC)[C@H](O[C@@H]4C[C@@H](OC)[C@@H](NC)[C@@H](C)O4)[C@@H](C)O3)[C@H](C)/C=C/C=C3\CO[C@H]4[C@@H](O)C(C)=C[C@H](C(=O)O1)[C@@]34O)O2. The van der Waals surface area contributed by atoms with E-state index >= 15 is 0 Å². The van der Waals surface area contributed by atoms with Crippen molar-refractivity contribution in [2.45, 2.75) is 191 Å². The molecule has 0 radical (unpaired) electrons. The number of hydrogen-bond donors (Lipinski definition) is 3. The van der Waals surface area contributed by atoms with Crippen molar-refractivity contribution in [1.29, 1.82) is 0 Å². The van der Waals surface area contributed by atoms with Gasteiger partial charge in [-0.3, -0.25) is 4.79 Å². The van der Waals surface area contributed by atoms with E-state index in [-0.39, 0.29) is 67.0 Å². The third-order valence-electron chi connectivity index (χ3n) is 14.9. The first-order valence-electron chi connectivity index (χ1n) is 23.4. The fourth-order valence-electron chi connectivity index (χ4n) is 11.0. The fraction of sp³-hybridized carbons (Fsp3) is 0.776. The van der Waals surface area contributed by atoms with Gasteiger partial charge >= 0.3 is 5.97 Å². The molecule has 6 aliphatic heterocycles. The Kier molecular flexibility index (Phi) is 15.7. The number of esters is 1. The third kappa shape index (κ3) is 10.0. The van der Waals surface area contributed by atoms with Crippen LogP contribution in [0.15, 0.2) is 59.3 Å². The number of likely N-dealkylation sites (N-methyl/N-ethyl adjacent to an activating group) is 1. The van der Waals surface area contributed by atoms with Crippen LogP contribution < -0.4 is 5.32 Å². The first-order valence-corrected chi connectivity index (χ1v) is 23.4. The van der Waals surface area contributed by atoms with Gasteiger partial charge in [0.25, 0.3) is 0 Å².